The van der Waals surface area contributed by atoms with Crippen molar-refractivity contribution in [3.63, 3.8) is 0 Å². The molecule has 11 rings (SSSR count). The van der Waals surface area contributed by atoms with Crippen LogP contribution in [-0.4, -0.2) is 9.13 Å². The fourth-order valence-electron chi connectivity index (χ4n) is 6.18. The number of rotatable bonds is 4. The monoisotopic (exact) mass is 696 g/mol. The number of fused-ring (bicyclic) bond motifs is 9. The summed E-state index contributed by atoms with van der Waals surface area (Å²) in [5, 5.41) is -3.22. The molecule has 0 amide bonds. The summed E-state index contributed by atoms with van der Waals surface area (Å²) in [6.07, 6.45) is 0. The molecule has 0 radical (unpaired) electrons. The Bertz CT molecular complexity index is 4820. The van der Waals surface area contributed by atoms with Crippen LogP contribution in [-0.2, 0) is 0 Å². The minimum Gasteiger partial charge on any atom is -0.309 e. The first kappa shape index (κ1) is 11.8. The first-order valence-corrected chi connectivity index (χ1v) is 15.8. The molecule has 0 saturated heterocycles. The standard InChI is InChI=1S/C48H30N2S/c1-3-13-31(14-4-1)39-29-35(30-42-38-19-9-12-22-47(38)51-48(39)42)50-44-21-11-8-18-37(44)41-28-33(24-26-46(41)50)32-23-25-45-40(27-32)36-17-7-10-20-43(36)49(45)34-15-5-2-6-16-34/h1-30H/i1D,2D,3D,4D,5D,6D,7D,8D,9D,10D,11D,12D,13D,14D,15D,16D,17D,18D,19D,20D,21D,22D,23D,24D,25D,26D,27D,28D,29D,30D. The number of benzene rings is 8. The highest BCUT2D eigenvalue weighted by Crippen LogP contribution is 2.44. The Hall–Kier alpha value is -6.42. The molecule has 0 N–H and O–H groups in total. The van der Waals surface area contributed by atoms with E-state index in [1.165, 1.54) is 0 Å². The molecule has 238 valence electrons. The molecule has 0 aliphatic heterocycles. The van der Waals surface area contributed by atoms with Gasteiger partial charge in [-0.2, -0.15) is 0 Å². The minimum atomic E-state index is -1.08. The lowest BCUT2D eigenvalue weighted by Gasteiger charge is -2.13. The summed E-state index contributed by atoms with van der Waals surface area (Å²) in [6, 6.07) is -26.8. The van der Waals surface area contributed by atoms with E-state index >= 15 is 0 Å². The van der Waals surface area contributed by atoms with Crippen molar-refractivity contribution in [2.24, 2.45) is 0 Å². The first-order chi connectivity index (χ1) is 37.8. The van der Waals surface area contributed by atoms with Crippen molar-refractivity contribution in [3.8, 4) is 33.6 Å². The number of thiophene rings is 1. The van der Waals surface area contributed by atoms with Crippen molar-refractivity contribution < 1.29 is 41.1 Å². The molecule has 0 fully saturated rings. The molecule has 51 heavy (non-hydrogen) atoms. The topological polar surface area (TPSA) is 9.86 Å². The second-order valence-corrected chi connectivity index (χ2v) is 12.0. The molecule has 0 spiro atoms. The average Bonchev–Trinajstić information content (AvgIpc) is 2.14. The van der Waals surface area contributed by atoms with Crippen molar-refractivity contribution in [2.45, 2.75) is 0 Å². The Labute approximate surface area is 340 Å². The van der Waals surface area contributed by atoms with Crippen LogP contribution in [0.15, 0.2) is 181 Å². The second-order valence-electron chi connectivity index (χ2n) is 11.0. The largest absolute Gasteiger partial charge is 0.309 e. The number of hydrogen-bond donors (Lipinski definition) is 0. The molecule has 0 aliphatic rings. The van der Waals surface area contributed by atoms with Crippen molar-refractivity contribution in [2.75, 3.05) is 0 Å². The average molecular weight is 697 g/mol. The summed E-state index contributed by atoms with van der Waals surface area (Å²) in [6.45, 7) is 0. The van der Waals surface area contributed by atoms with Crippen LogP contribution in [0.25, 0.3) is 97.4 Å². The third-order valence-corrected chi connectivity index (χ3v) is 9.42. The number of hydrogen-bond acceptors (Lipinski definition) is 1. The van der Waals surface area contributed by atoms with E-state index in [4.69, 9.17) is 27.4 Å². The van der Waals surface area contributed by atoms with Gasteiger partial charge in [0.1, 0.15) is 0 Å². The van der Waals surface area contributed by atoms with Gasteiger partial charge in [-0.15, -0.1) is 11.3 Å². The zero-order chi connectivity index (χ0) is 59.6. The molecule has 3 aromatic heterocycles. The summed E-state index contributed by atoms with van der Waals surface area (Å²) in [5.41, 5.74) is -7.10. The number of nitrogens with zero attached hydrogens (tertiary/aromatic N) is 2. The van der Waals surface area contributed by atoms with Crippen LogP contribution >= 0.6 is 11.3 Å². The van der Waals surface area contributed by atoms with Crippen molar-refractivity contribution >= 4 is 75.1 Å². The zero-order valence-corrected chi connectivity index (χ0v) is 26.1. The van der Waals surface area contributed by atoms with Crippen LogP contribution in [0.5, 0.6) is 0 Å². The first-order valence-electron chi connectivity index (χ1n) is 30.0. The molecule has 3 heterocycles. The quantitative estimate of drug-likeness (QED) is 0.173. The second kappa shape index (κ2) is 11.0. The molecule has 0 bridgehead atoms. The highest BCUT2D eigenvalue weighted by atomic mass is 32.1. The van der Waals surface area contributed by atoms with E-state index in [0.29, 0.717) is 11.3 Å². The van der Waals surface area contributed by atoms with Crippen LogP contribution in [0.3, 0.4) is 0 Å². The van der Waals surface area contributed by atoms with Crippen molar-refractivity contribution in [3.05, 3.63) is 181 Å². The SMILES string of the molecule is [2H]c1c([2H])c([2H])c(-c2c([2H])c(-n3c4c([2H])c([2H])c([2H])c([2H])c4c4c([2H])c(-c5c([2H])c([2H])c6c(c5[2H])c5c([2H])c([2H])c([2H])c([2H])c5n6-c5c([2H])c([2H])c([2H])c([2H])c5[2H])c([2H])c([2H])c43)c([2H])c3c2sc2c([2H])c([2H])c([2H])c([2H])c23)c([2H])c1[2H]. The summed E-state index contributed by atoms with van der Waals surface area (Å²) >= 11 is 0.599. The van der Waals surface area contributed by atoms with E-state index in [9.17, 15) is 13.7 Å². The predicted octanol–water partition coefficient (Wildman–Crippen LogP) is 13.6. The van der Waals surface area contributed by atoms with Gasteiger partial charge in [-0.05, 0) is 83.2 Å². The van der Waals surface area contributed by atoms with Gasteiger partial charge in [0.25, 0.3) is 0 Å². The van der Waals surface area contributed by atoms with Gasteiger partial charge in [-0.25, -0.2) is 0 Å². The Balaban J connectivity index is 1.38. The maximum Gasteiger partial charge on any atom is 0.0652 e. The molecule has 0 unspecified atom stereocenters. The lowest BCUT2D eigenvalue weighted by molar-refractivity contribution is 1.18. The van der Waals surface area contributed by atoms with E-state index in [2.05, 4.69) is 0 Å². The highest BCUT2D eigenvalue weighted by Gasteiger charge is 2.19. The summed E-state index contributed by atoms with van der Waals surface area (Å²) in [4.78, 5) is 0. The zero-order valence-electron chi connectivity index (χ0n) is 55.3. The molecule has 0 aliphatic carbocycles. The van der Waals surface area contributed by atoms with Crippen molar-refractivity contribution in [1.82, 2.24) is 9.13 Å². The lowest BCUT2D eigenvalue weighted by Crippen LogP contribution is -1.95. The maximum atomic E-state index is 10.0. The fourth-order valence-corrected chi connectivity index (χ4v) is 7.26. The fraction of sp³-hybridized carbons (Fsp3) is 0. The third-order valence-electron chi connectivity index (χ3n) is 8.30. The Kier molecular flexibility index (Phi) is 2.56. The molecule has 0 atom stereocenters. The van der Waals surface area contributed by atoms with Crippen LogP contribution in [0.4, 0.5) is 0 Å². The van der Waals surface area contributed by atoms with Gasteiger partial charge in [-0.1, -0.05) is 115 Å². The van der Waals surface area contributed by atoms with Crippen LogP contribution < -0.4 is 0 Å². The van der Waals surface area contributed by atoms with Gasteiger partial charge >= 0.3 is 0 Å². The van der Waals surface area contributed by atoms with Gasteiger partial charge in [0.05, 0.1) is 63.2 Å². The molecule has 0 saturated carbocycles. The van der Waals surface area contributed by atoms with Crippen LogP contribution in [0.1, 0.15) is 41.1 Å². The normalized spacial score (nSPS) is 20.2. The third kappa shape index (κ3) is 4.29. The van der Waals surface area contributed by atoms with Gasteiger partial charge in [0.2, 0.25) is 0 Å². The predicted molar refractivity (Wildman–Crippen MR) is 219 cm³/mol. The molecule has 8 aromatic carbocycles. The van der Waals surface area contributed by atoms with Gasteiger partial charge in [0.15, 0.2) is 0 Å². The smallest absolute Gasteiger partial charge is 0.0652 e. The summed E-state index contributed by atoms with van der Waals surface area (Å²) in [5.74, 6) is 0. The molecular formula is C48H30N2S. The van der Waals surface area contributed by atoms with Gasteiger partial charge in [-0.3, -0.25) is 0 Å². The molecular weight excluding hydrogens is 637 g/mol. The van der Waals surface area contributed by atoms with E-state index in [1.54, 1.807) is 0 Å². The minimum absolute atomic E-state index is 0.207. The Morgan fingerprint density at radius 1 is 0.353 bits per heavy atom. The summed E-state index contributed by atoms with van der Waals surface area (Å²) < 4.78 is 272. The van der Waals surface area contributed by atoms with E-state index < -0.39 is 264 Å². The lowest BCUT2D eigenvalue weighted by atomic mass is 10.0. The van der Waals surface area contributed by atoms with E-state index in [0.717, 1.165) is 9.13 Å². The highest BCUT2D eigenvalue weighted by molar-refractivity contribution is 7.26. The van der Waals surface area contributed by atoms with Gasteiger partial charge in [0, 0.05) is 58.7 Å². The molecule has 3 heteroatoms. The summed E-state index contributed by atoms with van der Waals surface area (Å²) in [7, 11) is 0. The molecule has 2 nitrogen and oxygen atoms in total. The molecule has 11 aromatic rings. The van der Waals surface area contributed by atoms with Crippen molar-refractivity contribution in [1.29, 1.82) is 0 Å². The van der Waals surface area contributed by atoms with Gasteiger partial charge < -0.3 is 9.13 Å². The Morgan fingerprint density at radius 2 is 0.863 bits per heavy atom. The van der Waals surface area contributed by atoms with E-state index in [1.807, 2.05) is 0 Å². The number of aromatic nitrogens is 2. The van der Waals surface area contributed by atoms with Crippen LogP contribution in [0, 0.1) is 0 Å². The van der Waals surface area contributed by atoms with Crippen LogP contribution in [0.2, 0.25) is 0 Å². The Morgan fingerprint density at radius 3 is 1.51 bits per heavy atom. The number of para-hydroxylation sites is 3. The maximum absolute atomic E-state index is 10.0. The van der Waals surface area contributed by atoms with E-state index in [-0.39, 0.29) is 14.8 Å².